The quantitative estimate of drug-likeness (QED) is 0.439. The van der Waals surface area contributed by atoms with Gasteiger partial charge in [-0.3, -0.25) is 19.3 Å². The number of cyclic esters (lactones) is 1. The second-order valence-electron chi connectivity index (χ2n) is 9.42. The number of morpholine rings is 1. The summed E-state index contributed by atoms with van der Waals surface area (Å²) in [4.78, 5) is 40.3. The Morgan fingerprint density at radius 1 is 1.16 bits per heavy atom. The van der Waals surface area contributed by atoms with E-state index in [4.69, 9.17) is 23.7 Å². The molecule has 5 rings (SSSR count). The molecule has 4 saturated heterocycles. The van der Waals surface area contributed by atoms with Crippen LogP contribution in [0.15, 0.2) is 0 Å². The molecule has 5 fully saturated rings. The first kappa shape index (κ1) is 21.2. The fourth-order valence-electron chi connectivity index (χ4n) is 5.99. The van der Waals surface area contributed by atoms with Crippen LogP contribution in [0, 0.1) is 17.8 Å². The summed E-state index contributed by atoms with van der Waals surface area (Å²) >= 11 is 0. The highest BCUT2D eigenvalue weighted by atomic mass is 16.6. The molecule has 0 aromatic carbocycles. The fourth-order valence-corrected chi connectivity index (χ4v) is 5.99. The van der Waals surface area contributed by atoms with E-state index in [9.17, 15) is 14.4 Å². The van der Waals surface area contributed by atoms with Gasteiger partial charge in [0.25, 0.3) is 0 Å². The van der Waals surface area contributed by atoms with Gasteiger partial charge < -0.3 is 23.7 Å². The lowest BCUT2D eigenvalue weighted by atomic mass is 9.73. The predicted molar refractivity (Wildman–Crippen MR) is 105 cm³/mol. The van der Waals surface area contributed by atoms with Gasteiger partial charge in [-0.25, -0.2) is 0 Å². The van der Waals surface area contributed by atoms with E-state index >= 15 is 0 Å². The summed E-state index contributed by atoms with van der Waals surface area (Å²) in [6.07, 6.45) is 2.56. The Balaban J connectivity index is 1.32. The lowest BCUT2D eigenvalue weighted by Gasteiger charge is -2.35. The molecule has 4 heterocycles. The molecule has 0 radical (unpaired) electrons. The van der Waals surface area contributed by atoms with Crippen LogP contribution in [0.2, 0.25) is 0 Å². The van der Waals surface area contributed by atoms with Gasteiger partial charge in [-0.2, -0.15) is 0 Å². The zero-order chi connectivity index (χ0) is 21.6. The summed E-state index contributed by atoms with van der Waals surface area (Å²) in [6, 6.07) is 0. The molecular weight excluding hydrogens is 406 g/mol. The molecule has 9 heteroatoms. The van der Waals surface area contributed by atoms with Crippen molar-refractivity contribution in [2.75, 3.05) is 39.5 Å². The second-order valence-corrected chi connectivity index (χ2v) is 9.42. The van der Waals surface area contributed by atoms with Crippen LogP contribution in [0.5, 0.6) is 0 Å². The first-order valence-electron chi connectivity index (χ1n) is 11.6. The van der Waals surface area contributed by atoms with Crippen molar-refractivity contribution in [3.63, 3.8) is 0 Å². The van der Waals surface area contributed by atoms with Crippen molar-refractivity contribution in [2.45, 2.75) is 62.9 Å². The van der Waals surface area contributed by atoms with Crippen LogP contribution in [0.4, 0.5) is 0 Å². The van der Waals surface area contributed by atoms with Gasteiger partial charge in [0.05, 0.1) is 38.4 Å². The van der Waals surface area contributed by atoms with Crippen LogP contribution in [0.1, 0.15) is 39.0 Å². The normalized spacial score (nSPS) is 38.7. The van der Waals surface area contributed by atoms with E-state index in [1.807, 2.05) is 11.8 Å². The Labute approximate surface area is 181 Å². The van der Waals surface area contributed by atoms with E-state index in [0.29, 0.717) is 26.3 Å². The van der Waals surface area contributed by atoms with Crippen LogP contribution in [0.3, 0.4) is 0 Å². The topological polar surface area (TPSA) is 101 Å². The highest BCUT2D eigenvalue weighted by molar-refractivity contribution is 5.82. The van der Waals surface area contributed by atoms with E-state index in [-0.39, 0.29) is 25.0 Å². The zero-order valence-electron chi connectivity index (χ0n) is 18.0. The molecule has 4 aliphatic heterocycles. The van der Waals surface area contributed by atoms with E-state index in [1.54, 1.807) is 0 Å². The van der Waals surface area contributed by atoms with Gasteiger partial charge in [-0.1, -0.05) is 6.92 Å². The summed E-state index contributed by atoms with van der Waals surface area (Å²) < 4.78 is 28.5. The minimum absolute atomic E-state index is 0.140. The second kappa shape index (κ2) is 8.33. The van der Waals surface area contributed by atoms with E-state index in [1.165, 1.54) is 0 Å². The van der Waals surface area contributed by atoms with Gasteiger partial charge in [-0.05, 0) is 32.1 Å². The highest BCUT2D eigenvalue weighted by Gasteiger charge is 2.69. The van der Waals surface area contributed by atoms with Crippen molar-refractivity contribution in [1.82, 2.24) is 4.90 Å². The van der Waals surface area contributed by atoms with Crippen molar-refractivity contribution in [3.05, 3.63) is 0 Å². The lowest BCUT2D eigenvalue weighted by Crippen LogP contribution is -2.51. The Kier molecular flexibility index (Phi) is 5.68. The first-order chi connectivity index (χ1) is 15.0. The Morgan fingerprint density at radius 3 is 2.61 bits per heavy atom. The molecule has 6 atom stereocenters. The third-order valence-corrected chi connectivity index (χ3v) is 7.75. The van der Waals surface area contributed by atoms with Crippen LogP contribution in [-0.2, 0) is 38.1 Å². The fraction of sp³-hybridized carbons (Fsp3) is 0.864. The van der Waals surface area contributed by atoms with Crippen molar-refractivity contribution in [2.24, 2.45) is 17.8 Å². The Morgan fingerprint density at radius 2 is 1.90 bits per heavy atom. The molecule has 0 amide bonds. The maximum Gasteiger partial charge on any atom is 0.320 e. The number of nitrogens with zero attached hydrogens (tertiary/aromatic N) is 1. The number of rotatable bonds is 6. The molecule has 0 spiro atoms. The highest BCUT2D eigenvalue weighted by Crippen LogP contribution is 2.52. The third-order valence-electron chi connectivity index (χ3n) is 7.75. The predicted octanol–water partition coefficient (Wildman–Crippen LogP) is 0.683. The van der Waals surface area contributed by atoms with Gasteiger partial charge in [-0.15, -0.1) is 0 Å². The number of fused-ring (bicyclic) bond motifs is 5. The average Bonchev–Trinajstić information content (AvgIpc) is 3.52. The van der Waals surface area contributed by atoms with Crippen molar-refractivity contribution in [3.8, 4) is 0 Å². The molecule has 0 aromatic heterocycles. The molecule has 0 N–H and O–H groups in total. The standard InChI is InChI=1S/C22H31NO8/c1-2-22(5-3-4-6-22)31-21(26)16-18-15-13(12-28-20(15)25)17(30-18)19(16)29-14(24)11-23-7-9-27-10-8-23/h13,15-19H,2-12H2,1H3. The molecule has 31 heavy (non-hydrogen) atoms. The van der Waals surface area contributed by atoms with Crippen LogP contribution < -0.4 is 0 Å². The molecule has 5 aliphatic rings. The van der Waals surface area contributed by atoms with Crippen LogP contribution in [-0.4, -0.2) is 86.2 Å². The number of hydrogen-bond acceptors (Lipinski definition) is 9. The minimum Gasteiger partial charge on any atom is -0.465 e. The van der Waals surface area contributed by atoms with Gasteiger partial charge in [0.15, 0.2) is 0 Å². The molecule has 2 bridgehead atoms. The summed E-state index contributed by atoms with van der Waals surface area (Å²) in [5, 5.41) is 0. The Bertz CT molecular complexity index is 729. The molecule has 9 nitrogen and oxygen atoms in total. The number of carbonyl (C=O) groups excluding carboxylic acids is 3. The van der Waals surface area contributed by atoms with Crippen molar-refractivity contribution in [1.29, 1.82) is 0 Å². The summed E-state index contributed by atoms with van der Waals surface area (Å²) in [6.45, 7) is 4.91. The SMILES string of the molecule is CCC1(OC(=O)C2C(OC(=O)CN3CCOCC3)C3OC2C2C(=O)OCC32)CCCC1. The Hall–Kier alpha value is -1.71. The summed E-state index contributed by atoms with van der Waals surface area (Å²) in [5.74, 6) is -2.62. The largest absolute Gasteiger partial charge is 0.465 e. The van der Waals surface area contributed by atoms with E-state index < -0.39 is 47.7 Å². The molecule has 1 aliphatic carbocycles. The molecule has 6 unspecified atom stereocenters. The van der Waals surface area contributed by atoms with Crippen molar-refractivity contribution >= 4 is 17.9 Å². The number of esters is 3. The van der Waals surface area contributed by atoms with Gasteiger partial charge in [0.2, 0.25) is 0 Å². The number of ether oxygens (including phenoxy) is 5. The average molecular weight is 437 g/mol. The molecule has 1 saturated carbocycles. The molecule has 0 aromatic rings. The summed E-state index contributed by atoms with van der Waals surface area (Å²) in [5.41, 5.74) is -0.461. The van der Waals surface area contributed by atoms with E-state index in [2.05, 4.69) is 0 Å². The van der Waals surface area contributed by atoms with E-state index in [0.717, 1.165) is 32.1 Å². The summed E-state index contributed by atoms with van der Waals surface area (Å²) in [7, 11) is 0. The molecular formula is C22H31NO8. The van der Waals surface area contributed by atoms with Gasteiger partial charge in [0, 0.05) is 19.0 Å². The van der Waals surface area contributed by atoms with Gasteiger partial charge in [0.1, 0.15) is 23.7 Å². The third kappa shape index (κ3) is 3.74. The van der Waals surface area contributed by atoms with Crippen molar-refractivity contribution < 1.29 is 38.1 Å². The lowest BCUT2D eigenvalue weighted by molar-refractivity contribution is -0.176. The molecule has 172 valence electrons. The van der Waals surface area contributed by atoms with Crippen LogP contribution >= 0.6 is 0 Å². The maximum absolute atomic E-state index is 13.4. The minimum atomic E-state index is -0.797. The maximum atomic E-state index is 13.4. The monoisotopic (exact) mass is 437 g/mol. The van der Waals surface area contributed by atoms with Gasteiger partial charge >= 0.3 is 17.9 Å². The van der Waals surface area contributed by atoms with Crippen LogP contribution in [0.25, 0.3) is 0 Å². The zero-order valence-corrected chi connectivity index (χ0v) is 18.0. The first-order valence-corrected chi connectivity index (χ1v) is 11.6. The number of carbonyl (C=O) groups is 3. The smallest absolute Gasteiger partial charge is 0.320 e. The number of hydrogen-bond donors (Lipinski definition) is 0.